The Balaban J connectivity index is -0.0000000150. The van der Waals surface area contributed by atoms with Crippen LogP contribution in [0.3, 0.4) is 0 Å². The van der Waals surface area contributed by atoms with Gasteiger partial charge >= 0.3 is 0 Å². The lowest BCUT2D eigenvalue weighted by atomic mass is 11.3. The summed E-state index contributed by atoms with van der Waals surface area (Å²) in [7, 11) is 0. The second kappa shape index (κ2) is 15.7. The van der Waals surface area contributed by atoms with Gasteiger partial charge in [0, 0.05) is 0 Å². The van der Waals surface area contributed by atoms with Crippen LogP contribution in [0.1, 0.15) is 0 Å². The predicted octanol–water partition coefficient (Wildman–Crippen LogP) is 0.922. The van der Waals surface area contributed by atoms with Crippen LogP contribution < -0.4 is 11.5 Å². The molecule has 0 amide bonds. The SMILES string of the molecule is Br.Br.Br.NC(N)=S. The van der Waals surface area contributed by atoms with Gasteiger partial charge in [-0.2, -0.15) is 0 Å². The summed E-state index contributed by atoms with van der Waals surface area (Å²) in [6.45, 7) is 0. The summed E-state index contributed by atoms with van der Waals surface area (Å²) in [5, 5.41) is 0.000000000000000222. The minimum Gasteiger partial charge on any atom is -0.377 e. The first kappa shape index (κ1) is 24.2. The fourth-order valence-corrected chi connectivity index (χ4v) is 0. The molecule has 0 aliphatic heterocycles. The molecule has 0 saturated carbocycles. The smallest absolute Gasteiger partial charge is 0.160 e. The van der Waals surface area contributed by atoms with Crippen molar-refractivity contribution in [2.75, 3.05) is 0 Å². The standard InChI is InChI=1S/CH4N2S.3BrH/c2-1(3)4;;;/h(H4,2,3,4);3*1H. The highest BCUT2D eigenvalue weighted by atomic mass is 79.9. The number of hydrogen-bond acceptors (Lipinski definition) is 1. The van der Waals surface area contributed by atoms with Crippen molar-refractivity contribution in [2.24, 2.45) is 11.5 Å². The predicted molar refractivity (Wildman–Crippen MR) is 51.9 cm³/mol. The van der Waals surface area contributed by atoms with E-state index in [0.717, 1.165) is 0 Å². The van der Waals surface area contributed by atoms with Crippen molar-refractivity contribution in [2.45, 2.75) is 0 Å². The van der Waals surface area contributed by atoms with Crippen molar-refractivity contribution in [3.8, 4) is 0 Å². The first-order chi connectivity index (χ1) is 1.73. The molecule has 0 spiro atoms. The highest BCUT2D eigenvalue weighted by Crippen LogP contribution is 1.32. The Labute approximate surface area is 79.3 Å². The molecule has 0 aromatic rings. The molecule has 0 aromatic carbocycles. The summed E-state index contributed by atoms with van der Waals surface area (Å²) in [5.41, 5.74) is 9.24. The van der Waals surface area contributed by atoms with Gasteiger partial charge in [-0.15, -0.1) is 50.9 Å². The van der Waals surface area contributed by atoms with Gasteiger partial charge in [0.05, 0.1) is 0 Å². The summed E-state index contributed by atoms with van der Waals surface area (Å²) in [5.74, 6) is 0. The molecule has 0 fully saturated rings. The summed E-state index contributed by atoms with van der Waals surface area (Å²) >= 11 is 4.09. The summed E-state index contributed by atoms with van der Waals surface area (Å²) < 4.78 is 0. The zero-order valence-electron chi connectivity index (χ0n) is 3.29. The summed E-state index contributed by atoms with van der Waals surface area (Å²) in [6, 6.07) is 0. The van der Waals surface area contributed by atoms with Crippen LogP contribution in [0.2, 0.25) is 0 Å². The Morgan fingerprint density at radius 1 is 1.00 bits per heavy atom. The zero-order chi connectivity index (χ0) is 3.58. The van der Waals surface area contributed by atoms with E-state index in [4.69, 9.17) is 0 Å². The van der Waals surface area contributed by atoms with Gasteiger partial charge in [-0.05, 0) is 12.2 Å². The van der Waals surface area contributed by atoms with Gasteiger partial charge in [0.25, 0.3) is 0 Å². The molecule has 4 N–H and O–H groups in total. The number of rotatable bonds is 0. The van der Waals surface area contributed by atoms with Crippen LogP contribution >= 0.6 is 63.2 Å². The highest BCUT2D eigenvalue weighted by molar-refractivity contribution is 8.93. The molecule has 0 aliphatic rings. The third kappa shape index (κ3) is 147. The molecule has 0 radical (unpaired) electrons. The van der Waals surface area contributed by atoms with Gasteiger partial charge in [-0.1, -0.05) is 0 Å². The molecule has 0 atom stereocenters. The maximum Gasteiger partial charge on any atom is 0.160 e. The molecule has 48 valence electrons. The fourth-order valence-electron chi connectivity index (χ4n) is 0. The lowest BCUT2D eigenvalue weighted by molar-refractivity contribution is 1.65. The van der Waals surface area contributed by atoms with Crippen molar-refractivity contribution >= 4 is 68.3 Å². The molecule has 0 rings (SSSR count). The molecule has 7 heavy (non-hydrogen) atoms. The molecule has 0 unspecified atom stereocenters. The van der Waals surface area contributed by atoms with Crippen molar-refractivity contribution < 1.29 is 0 Å². The first-order valence-corrected chi connectivity index (χ1v) is 1.19. The minimum absolute atomic E-state index is 0. The van der Waals surface area contributed by atoms with Crippen molar-refractivity contribution in [3.05, 3.63) is 0 Å². The van der Waals surface area contributed by atoms with Crippen LogP contribution in [-0.4, -0.2) is 5.11 Å². The Bertz CT molecular complexity index is 35.9. The van der Waals surface area contributed by atoms with Crippen LogP contribution in [0.4, 0.5) is 0 Å². The maximum atomic E-state index is 4.62. The van der Waals surface area contributed by atoms with E-state index in [9.17, 15) is 0 Å². The molecular weight excluding hydrogens is 312 g/mol. The van der Waals surface area contributed by atoms with Crippen LogP contribution in [0.5, 0.6) is 0 Å². The van der Waals surface area contributed by atoms with Gasteiger partial charge in [-0.25, -0.2) is 0 Å². The average molecular weight is 319 g/mol. The van der Waals surface area contributed by atoms with E-state index in [2.05, 4.69) is 23.7 Å². The van der Waals surface area contributed by atoms with Gasteiger partial charge in [0.15, 0.2) is 5.11 Å². The maximum absolute atomic E-state index is 4.62. The largest absolute Gasteiger partial charge is 0.377 e. The quantitative estimate of drug-likeness (QED) is 0.653. The minimum atomic E-state index is 0. The number of hydrogen-bond donors (Lipinski definition) is 2. The first-order valence-electron chi connectivity index (χ1n) is 0.781. The van der Waals surface area contributed by atoms with E-state index in [1.54, 1.807) is 0 Å². The lowest BCUT2D eigenvalue weighted by Gasteiger charge is -1.68. The van der Waals surface area contributed by atoms with E-state index >= 15 is 0 Å². The molecule has 0 aliphatic carbocycles. The Morgan fingerprint density at radius 3 is 1.00 bits per heavy atom. The molecule has 6 heteroatoms. The van der Waals surface area contributed by atoms with Crippen molar-refractivity contribution in [1.82, 2.24) is 0 Å². The molecular formula is CH7Br3N2S. The molecule has 2 nitrogen and oxygen atoms in total. The van der Waals surface area contributed by atoms with Crippen LogP contribution in [-0.2, 0) is 0 Å². The second-order valence-corrected chi connectivity index (χ2v) is 0.874. The van der Waals surface area contributed by atoms with Gasteiger partial charge in [0.1, 0.15) is 0 Å². The van der Waals surface area contributed by atoms with E-state index in [-0.39, 0.29) is 56.1 Å². The molecule has 0 saturated heterocycles. The Hall–Kier alpha value is 1.13. The number of thiocarbonyl (C=S) groups is 1. The topological polar surface area (TPSA) is 52.0 Å². The van der Waals surface area contributed by atoms with E-state index in [1.165, 1.54) is 0 Å². The third-order valence-corrected chi connectivity index (χ3v) is 0. The van der Waals surface area contributed by atoms with Crippen molar-refractivity contribution in [3.63, 3.8) is 0 Å². The molecule has 0 aromatic heterocycles. The average Bonchev–Trinajstić information content (AvgIpc) is 0.811. The van der Waals surface area contributed by atoms with Crippen LogP contribution in [0.25, 0.3) is 0 Å². The lowest BCUT2D eigenvalue weighted by Crippen LogP contribution is -2.18. The highest BCUT2D eigenvalue weighted by Gasteiger charge is 1.53. The fraction of sp³-hybridized carbons (Fsp3) is 0. The van der Waals surface area contributed by atoms with Gasteiger partial charge in [-0.3, -0.25) is 0 Å². The molecule has 0 bridgehead atoms. The van der Waals surface area contributed by atoms with Crippen LogP contribution in [0, 0.1) is 0 Å². The van der Waals surface area contributed by atoms with E-state index in [0.29, 0.717) is 0 Å². The normalized spacial score (nSPS) is 3.43. The summed E-state index contributed by atoms with van der Waals surface area (Å²) in [6.07, 6.45) is 0. The second-order valence-electron chi connectivity index (χ2n) is 0.402. The van der Waals surface area contributed by atoms with Gasteiger partial charge in [0.2, 0.25) is 0 Å². The molecule has 0 heterocycles. The third-order valence-electron chi connectivity index (χ3n) is 0. The Morgan fingerprint density at radius 2 is 1.00 bits per heavy atom. The monoisotopic (exact) mass is 316 g/mol. The van der Waals surface area contributed by atoms with Crippen LogP contribution in [0.15, 0.2) is 0 Å². The summed E-state index contributed by atoms with van der Waals surface area (Å²) in [4.78, 5) is 0. The van der Waals surface area contributed by atoms with E-state index < -0.39 is 0 Å². The zero-order valence-corrected chi connectivity index (χ0v) is 9.24. The Kier molecular flexibility index (Phi) is 54.4. The number of nitrogens with two attached hydrogens (primary N) is 2. The number of halogens is 3. The van der Waals surface area contributed by atoms with Crippen molar-refractivity contribution in [1.29, 1.82) is 0 Å². The van der Waals surface area contributed by atoms with E-state index in [1.807, 2.05) is 0 Å². The van der Waals surface area contributed by atoms with Gasteiger partial charge < -0.3 is 11.5 Å².